The topological polar surface area (TPSA) is 58.0 Å². The minimum atomic E-state index is -0.114. The first kappa shape index (κ1) is 18.4. The standard InChI is InChI=1S/C19H31N3O3/c1-21(2)15-19(7-11-24-12-8-19)14-20-18(23)17-6-5-16(25-17)13-22-9-3-4-10-22/h5-6H,3-4,7-15H2,1-2H3,(H,20,23). The maximum atomic E-state index is 12.5. The van der Waals surface area contributed by atoms with Crippen molar-refractivity contribution in [2.45, 2.75) is 32.2 Å². The lowest BCUT2D eigenvalue weighted by atomic mass is 9.79. The number of likely N-dealkylation sites (tertiary alicyclic amines) is 1. The van der Waals surface area contributed by atoms with E-state index in [9.17, 15) is 4.79 Å². The molecule has 0 unspecified atom stereocenters. The zero-order chi connectivity index (χ0) is 17.7. The largest absolute Gasteiger partial charge is 0.455 e. The average Bonchev–Trinajstić information content (AvgIpc) is 3.25. The molecule has 0 saturated carbocycles. The first-order valence-electron chi connectivity index (χ1n) is 9.38. The first-order valence-corrected chi connectivity index (χ1v) is 9.38. The normalized spacial score (nSPS) is 20.9. The fourth-order valence-corrected chi connectivity index (χ4v) is 3.97. The van der Waals surface area contributed by atoms with E-state index in [0.29, 0.717) is 12.3 Å². The van der Waals surface area contributed by atoms with E-state index in [1.54, 1.807) is 6.07 Å². The summed E-state index contributed by atoms with van der Waals surface area (Å²) in [6.07, 6.45) is 4.46. The maximum Gasteiger partial charge on any atom is 0.287 e. The van der Waals surface area contributed by atoms with Gasteiger partial charge in [-0.2, -0.15) is 0 Å². The summed E-state index contributed by atoms with van der Waals surface area (Å²) in [5.41, 5.74) is 0.0857. The van der Waals surface area contributed by atoms with Crippen molar-refractivity contribution in [2.24, 2.45) is 5.41 Å². The Morgan fingerprint density at radius 2 is 1.96 bits per heavy atom. The summed E-state index contributed by atoms with van der Waals surface area (Å²) < 4.78 is 11.3. The lowest BCUT2D eigenvalue weighted by molar-refractivity contribution is 0.00271. The minimum Gasteiger partial charge on any atom is -0.455 e. The number of hydrogen-bond acceptors (Lipinski definition) is 5. The molecule has 6 heteroatoms. The van der Waals surface area contributed by atoms with Gasteiger partial charge < -0.3 is 19.4 Å². The fourth-order valence-electron chi connectivity index (χ4n) is 3.97. The Morgan fingerprint density at radius 3 is 2.64 bits per heavy atom. The van der Waals surface area contributed by atoms with Crippen LogP contribution in [0.5, 0.6) is 0 Å². The van der Waals surface area contributed by atoms with Crippen molar-refractivity contribution in [3.8, 4) is 0 Å². The van der Waals surface area contributed by atoms with Crippen molar-refractivity contribution in [1.29, 1.82) is 0 Å². The van der Waals surface area contributed by atoms with E-state index in [1.807, 2.05) is 6.07 Å². The molecule has 1 aromatic heterocycles. The lowest BCUT2D eigenvalue weighted by Gasteiger charge is -2.39. The molecule has 0 aromatic carbocycles. The summed E-state index contributed by atoms with van der Waals surface area (Å²) in [6.45, 7) is 6.20. The molecule has 140 valence electrons. The number of nitrogens with zero attached hydrogens (tertiary/aromatic N) is 2. The highest BCUT2D eigenvalue weighted by Gasteiger charge is 2.33. The monoisotopic (exact) mass is 349 g/mol. The van der Waals surface area contributed by atoms with Gasteiger partial charge in [0.25, 0.3) is 5.91 Å². The van der Waals surface area contributed by atoms with E-state index in [4.69, 9.17) is 9.15 Å². The molecule has 2 aliphatic rings. The van der Waals surface area contributed by atoms with Gasteiger partial charge in [0.15, 0.2) is 5.76 Å². The second kappa shape index (κ2) is 8.34. The molecule has 6 nitrogen and oxygen atoms in total. The van der Waals surface area contributed by atoms with Crippen LogP contribution < -0.4 is 5.32 Å². The number of ether oxygens (including phenoxy) is 1. The summed E-state index contributed by atoms with van der Waals surface area (Å²) in [5.74, 6) is 1.18. The third-order valence-corrected chi connectivity index (χ3v) is 5.29. The van der Waals surface area contributed by atoms with Gasteiger partial charge in [-0.25, -0.2) is 0 Å². The van der Waals surface area contributed by atoms with Crippen molar-refractivity contribution in [1.82, 2.24) is 15.1 Å². The van der Waals surface area contributed by atoms with Gasteiger partial charge in [-0.3, -0.25) is 9.69 Å². The summed E-state index contributed by atoms with van der Waals surface area (Å²) in [7, 11) is 4.16. The molecule has 0 spiro atoms. The Hall–Kier alpha value is -1.37. The van der Waals surface area contributed by atoms with Gasteiger partial charge in [-0.05, 0) is 65.0 Å². The number of hydrogen-bond donors (Lipinski definition) is 1. The van der Waals surface area contributed by atoms with E-state index in [0.717, 1.165) is 58.0 Å². The van der Waals surface area contributed by atoms with E-state index in [2.05, 4.69) is 29.2 Å². The van der Waals surface area contributed by atoms with E-state index in [-0.39, 0.29) is 11.3 Å². The molecule has 0 atom stereocenters. The van der Waals surface area contributed by atoms with Crippen LogP contribution in [0.2, 0.25) is 0 Å². The molecule has 1 N–H and O–H groups in total. The second-order valence-electron chi connectivity index (χ2n) is 7.78. The van der Waals surface area contributed by atoms with Crippen molar-refractivity contribution in [3.63, 3.8) is 0 Å². The molecule has 1 aromatic rings. The van der Waals surface area contributed by atoms with E-state index < -0.39 is 0 Å². The molecule has 25 heavy (non-hydrogen) atoms. The number of nitrogens with one attached hydrogen (secondary N) is 1. The molecule has 1 amide bonds. The third kappa shape index (κ3) is 5.06. The molecule has 0 aliphatic carbocycles. The van der Waals surface area contributed by atoms with Crippen molar-refractivity contribution in [2.75, 3.05) is 53.5 Å². The smallest absolute Gasteiger partial charge is 0.287 e. The van der Waals surface area contributed by atoms with Gasteiger partial charge >= 0.3 is 0 Å². The predicted molar refractivity (Wildman–Crippen MR) is 96.6 cm³/mol. The molecular weight excluding hydrogens is 318 g/mol. The van der Waals surface area contributed by atoms with Crippen LogP contribution in [0.25, 0.3) is 0 Å². The van der Waals surface area contributed by atoms with Crippen LogP contribution >= 0.6 is 0 Å². The van der Waals surface area contributed by atoms with Crippen LogP contribution in [0.4, 0.5) is 0 Å². The second-order valence-corrected chi connectivity index (χ2v) is 7.78. The SMILES string of the molecule is CN(C)CC1(CNC(=O)c2ccc(CN3CCCC3)o2)CCOCC1. The van der Waals surface area contributed by atoms with Crippen molar-refractivity contribution >= 4 is 5.91 Å². The van der Waals surface area contributed by atoms with Gasteiger partial charge in [0, 0.05) is 31.7 Å². The highest BCUT2D eigenvalue weighted by molar-refractivity contribution is 5.91. The van der Waals surface area contributed by atoms with Gasteiger partial charge in [-0.1, -0.05) is 0 Å². The van der Waals surface area contributed by atoms with Crippen LogP contribution in [-0.2, 0) is 11.3 Å². The number of carbonyl (C=O) groups excluding carboxylic acids is 1. The Bertz CT molecular complexity index is 558. The fraction of sp³-hybridized carbons (Fsp3) is 0.737. The zero-order valence-corrected chi connectivity index (χ0v) is 15.6. The third-order valence-electron chi connectivity index (χ3n) is 5.29. The van der Waals surface area contributed by atoms with Crippen molar-refractivity contribution in [3.05, 3.63) is 23.7 Å². The molecular formula is C19H31N3O3. The van der Waals surface area contributed by atoms with E-state index >= 15 is 0 Å². The summed E-state index contributed by atoms with van der Waals surface area (Å²) >= 11 is 0. The van der Waals surface area contributed by atoms with Gasteiger partial charge in [0.1, 0.15) is 5.76 Å². The zero-order valence-electron chi connectivity index (χ0n) is 15.6. The van der Waals surface area contributed by atoms with Crippen LogP contribution in [0.1, 0.15) is 42.0 Å². The molecule has 2 fully saturated rings. The Balaban J connectivity index is 1.54. The predicted octanol–water partition coefficient (Wildman–Crippen LogP) is 1.96. The number of amides is 1. The van der Waals surface area contributed by atoms with E-state index in [1.165, 1.54) is 12.8 Å². The summed E-state index contributed by atoms with van der Waals surface area (Å²) in [6, 6.07) is 3.72. The quantitative estimate of drug-likeness (QED) is 0.815. The summed E-state index contributed by atoms with van der Waals surface area (Å²) in [4.78, 5) is 17.1. The lowest BCUT2D eigenvalue weighted by Crippen LogP contribution is -2.47. The molecule has 0 bridgehead atoms. The van der Waals surface area contributed by atoms with Crippen LogP contribution in [0.3, 0.4) is 0 Å². The first-order chi connectivity index (χ1) is 12.1. The van der Waals surface area contributed by atoms with Gasteiger partial charge in [0.05, 0.1) is 6.54 Å². The number of furan rings is 1. The number of carbonyl (C=O) groups is 1. The van der Waals surface area contributed by atoms with Crippen LogP contribution in [-0.4, -0.2) is 69.2 Å². The van der Waals surface area contributed by atoms with Crippen LogP contribution in [0.15, 0.2) is 16.5 Å². The molecule has 2 saturated heterocycles. The Kier molecular flexibility index (Phi) is 6.15. The van der Waals surface area contributed by atoms with Gasteiger partial charge in [-0.15, -0.1) is 0 Å². The highest BCUT2D eigenvalue weighted by atomic mass is 16.5. The Labute approximate surface area is 150 Å². The van der Waals surface area contributed by atoms with Crippen molar-refractivity contribution < 1.29 is 13.9 Å². The average molecular weight is 349 g/mol. The molecule has 3 rings (SSSR count). The van der Waals surface area contributed by atoms with Crippen LogP contribution in [0, 0.1) is 5.41 Å². The minimum absolute atomic E-state index is 0.0857. The van der Waals surface area contributed by atoms with Gasteiger partial charge in [0.2, 0.25) is 0 Å². The molecule has 3 heterocycles. The maximum absolute atomic E-state index is 12.5. The molecule has 2 aliphatic heterocycles. The molecule has 0 radical (unpaired) electrons. The number of rotatable bonds is 7. The highest BCUT2D eigenvalue weighted by Crippen LogP contribution is 2.30. The summed E-state index contributed by atoms with van der Waals surface area (Å²) in [5, 5.41) is 3.09. The Morgan fingerprint density at radius 1 is 1.24 bits per heavy atom.